The molecule has 0 radical (unpaired) electrons. The molecule has 0 spiro atoms. The Morgan fingerprint density at radius 2 is 2.00 bits per heavy atom. The first-order valence-corrected chi connectivity index (χ1v) is 6.43. The number of hydrogen-bond donors (Lipinski definition) is 1. The van der Waals surface area contributed by atoms with Crippen molar-refractivity contribution < 1.29 is 5.11 Å². The zero-order valence-electron chi connectivity index (χ0n) is 9.65. The minimum Gasteiger partial charge on any atom is -0.390 e. The van der Waals surface area contributed by atoms with E-state index in [0.717, 1.165) is 24.0 Å². The van der Waals surface area contributed by atoms with Gasteiger partial charge in [-0.1, -0.05) is 19.3 Å². The molecular weight excluding hydrogens is 198 g/mol. The molecule has 1 aromatic heterocycles. The molecule has 0 bridgehead atoms. The minimum atomic E-state index is 0.0958. The lowest BCUT2D eigenvalue weighted by Gasteiger charge is -2.07. The van der Waals surface area contributed by atoms with Crippen molar-refractivity contribution in [3.63, 3.8) is 0 Å². The molecule has 1 unspecified atom stereocenters. The van der Waals surface area contributed by atoms with Crippen LogP contribution in [0.4, 0.5) is 0 Å². The normalized spacial score (nSPS) is 23.4. The highest BCUT2D eigenvalue weighted by molar-refractivity contribution is 5.34. The summed E-state index contributed by atoms with van der Waals surface area (Å²) in [5.41, 5.74) is 3.68. The van der Waals surface area contributed by atoms with Gasteiger partial charge in [-0.05, 0) is 48.3 Å². The summed E-state index contributed by atoms with van der Waals surface area (Å²) in [5, 5.41) is 9.25. The topological polar surface area (TPSA) is 33.1 Å². The number of aliphatic hydroxyl groups excluding tert-OH is 1. The monoisotopic (exact) mass is 217 g/mol. The Labute approximate surface area is 96.7 Å². The minimum absolute atomic E-state index is 0.0958. The quantitative estimate of drug-likeness (QED) is 0.840. The molecule has 3 rings (SSSR count). The lowest BCUT2D eigenvalue weighted by molar-refractivity contribution is 0.275. The van der Waals surface area contributed by atoms with Gasteiger partial charge in [0.05, 0.1) is 12.3 Å². The summed E-state index contributed by atoms with van der Waals surface area (Å²) in [7, 11) is 0. The van der Waals surface area contributed by atoms with E-state index in [1.54, 1.807) is 0 Å². The molecule has 2 aliphatic rings. The van der Waals surface area contributed by atoms with Crippen molar-refractivity contribution in [3.8, 4) is 0 Å². The molecule has 2 aliphatic carbocycles. The van der Waals surface area contributed by atoms with Crippen molar-refractivity contribution in [2.75, 3.05) is 0 Å². The van der Waals surface area contributed by atoms with Crippen LogP contribution in [-0.2, 0) is 19.4 Å². The maximum Gasteiger partial charge on any atom is 0.0855 e. The van der Waals surface area contributed by atoms with E-state index >= 15 is 0 Å². The fourth-order valence-electron chi connectivity index (χ4n) is 2.91. The van der Waals surface area contributed by atoms with Gasteiger partial charge >= 0.3 is 0 Å². The van der Waals surface area contributed by atoms with Gasteiger partial charge < -0.3 is 5.11 Å². The maximum absolute atomic E-state index is 9.25. The number of fused-ring (bicyclic) bond motifs is 1. The first-order chi connectivity index (χ1) is 7.86. The smallest absolute Gasteiger partial charge is 0.0855 e. The average molecular weight is 217 g/mol. The van der Waals surface area contributed by atoms with E-state index in [-0.39, 0.29) is 6.61 Å². The zero-order valence-corrected chi connectivity index (χ0v) is 9.65. The van der Waals surface area contributed by atoms with Gasteiger partial charge in [0.15, 0.2) is 0 Å². The van der Waals surface area contributed by atoms with Crippen LogP contribution in [-0.4, -0.2) is 10.1 Å². The number of hydrogen-bond acceptors (Lipinski definition) is 2. The summed E-state index contributed by atoms with van der Waals surface area (Å²) in [6.45, 7) is 0.0958. The Bertz CT molecular complexity index is 384. The van der Waals surface area contributed by atoms with Gasteiger partial charge in [-0.15, -0.1) is 0 Å². The van der Waals surface area contributed by atoms with Crippen LogP contribution in [0.2, 0.25) is 0 Å². The molecule has 1 saturated carbocycles. The Morgan fingerprint density at radius 1 is 1.19 bits per heavy atom. The summed E-state index contributed by atoms with van der Waals surface area (Å²) < 4.78 is 0. The van der Waals surface area contributed by atoms with Gasteiger partial charge in [0.2, 0.25) is 0 Å². The predicted molar refractivity (Wildman–Crippen MR) is 63.0 cm³/mol. The number of rotatable bonds is 4. The highest BCUT2D eigenvalue weighted by atomic mass is 16.3. The Balaban J connectivity index is 1.67. The highest BCUT2D eigenvalue weighted by Gasteiger charge is 2.27. The van der Waals surface area contributed by atoms with Crippen molar-refractivity contribution >= 4 is 0 Å². The summed E-state index contributed by atoms with van der Waals surface area (Å²) >= 11 is 0. The van der Waals surface area contributed by atoms with E-state index in [9.17, 15) is 5.11 Å². The van der Waals surface area contributed by atoms with E-state index in [1.807, 2.05) is 6.20 Å². The number of aromatic nitrogens is 1. The van der Waals surface area contributed by atoms with Crippen LogP contribution in [0.1, 0.15) is 42.5 Å². The van der Waals surface area contributed by atoms with Crippen LogP contribution in [0.5, 0.6) is 0 Å². The summed E-state index contributed by atoms with van der Waals surface area (Å²) in [6, 6.07) is 2.13. The van der Waals surface area contributed by atoms with Gasteiger partial charge in [0, 0.05) is 6.20 Å². The molecular formula is C14H19NO. The molecule has 2 heteroatoms. The van der Waals surface area contributed by atoms with Gasteiger partial charge in [0.1, 0.15) is 0 Å². The molecule has 86 valence electrons. The van der Waals surface area contributed by atoms with E-state index in [1.165, 1.54) is 43.2 Å². The van der Waals surface area contributed by atoms with Crippen molar-refractivity contribution in [3.05, 3.63) is 29.1 Å². The summed E-state index contributed by atoms with van der Waals surface area (Å²) in [5.74, 6) is 1.85. The van der Waals surface area contributed by atoms with E-state index < -0.39 is 0 Å². The van der Waals surface area contributed by atoms with Crippen LogP contribution < -0.4 is 0 Å². The molecule has 16 heavy (non-hydrogen) atoms. The molecule has 0 saturated heterocycles. The Morgan fingerprint density at radius 3 is 2.75 bits per heavy atom. The lowest BCUT2D eigenvalue weighted by Crippen LogP contribution is -2.01. The second kappa shape index (κ2) is 4.17. The molecule has 1 fully saturated rings. The highest BCUT2D eigenvalue weighted by Crippen LogP contribution is 2.38. The fourth-order valence-corrected chi connectivity index (χ4v) is 2.91. The summed E-state index contributed by atoms with van der Waals surface area (Å²) in [6.07, 6.45) is 9.90. The van der Waals surface area contributed by atoms with Crippen LogP contribution in [0, 0.1) is 11.8 Å². The second-order valence-electron chi connectivity index (χ2n) is 5.35. The van der Waals surface area contributed by atoms with E-state index in [2.05, 4.69) is 11.1 Å². The van der Waals surface area contributed by atoms with Crippen molar-refractivity contribution in [2.45, 2.75) is 45.1 Å². The van der Waals surface area contributed by atoms with E-state index in [4.69, 9.17) is 0 Å². The van der Waals surface area contributed by atoms with E-state index in [0.29, 0.717) is 0 Å². The van der Waals surface area contributed by atoms with Gasteiger partial charge in [-0.25, -0.2) is 0 Å². The van der Waals surface area contributed by atoms with Crippen molar-refractivity contribution in [1.29, 1.82) is 0 Å². The lowest BCUT2D eigenvalue weighted by atomic mass is 9.98. The van der Waals surface area contributed by atoms with Crippen LogP contribution in [0.15, 0.2) is 12.3 Å². The third kappa shape index (κ3) is 1.99. The Kier molecular flexibility index (Phi) is 2.68. The number of pyridine rings is 1. The third-order valence-electron chi connectivity index (χ3n) is 4.07. The number of aliphatic hydroxyl groups is 1. The summed E-state index contributed by atoms with van der Waals surface area (Å²) in [4.78, 5) is 4.26. The number of nitrogens with zero attached hydrogens (tertiary/aromatic N) is 1. The molecule has 0 aliphatic heterocycles. The first-order valence-electron chi connectivity index (χ1n) is 6.43. The maximum atomic E-state index is 9.25. The zero-order chi connectivity index (χ0) is 11.0. The molecule has 2 nitrogen and oxygen atoms in total. The van der Waals surface area contributed by atoms with Gasteiger partial charge in [-0.2, -0.15) is 0 Å². The molecule has 0 amide bonds. The van der Waals surface area contributed by atoms with Crippen LogP contribution in [0.25, 0.3) is 0 Å². The molecule has 1 heterocycles. The first kappa shape index (κ1) is 10.3. The van der Waals surface area contributed by atoms with Gasteiger partial charge in [-0.3, -0.25) is 4.98 Å². The van der Waals surface area contributed by atoms with Gasteiger partial charge in [0.25, 0.3) is 0 Å². The van der Waals surface area contributed by atoms with Crippen molar-refractivity contribution in [1.82, 2.24) is 4.98 Å². The third-order valence-corrected chi connectivity index (χ3v) is 4.07. The molecule has 1 atom stereocenters. The molecule has 0 aromatic carbocycles. The standard InChI is InChI=1S/C14H19NO/c16-9-14-13-8-11(4-3-10-1-2-10)7-12(13)5-6-15-14/h5-6,10-11,16H,1-4,7-9H2. The molecule has 1 aromatic rings. The molecule has 1 N–H and O–H groups in total. The van der Waals surface area contributed by atoms with Crippen LogP contribution in [0.3, 0.4) is 0 Å². The average Bonchev–Trinajstić information content (AvgIpc) is 3.04. The largest absolute Gasteiger partial charge is 0.390 e. The fraction of sp³-hybridized carbons (Fsp3) is 0.643. The Hall–Kier alpha value is -0.890. The second-order valence-corrected chi connectivity index (χ2v) is 5.35. The predicted octanol–water partition coefficient (Wildman–Crippen LogP) is 2.48. The van der Waals surface area contributed by atoms with Crippen molar-refractivity contribution in [2.24, 2.45) is 11.8 Å². The SMILES string of the molecule is OCc1nccc2c1CC(CCC1CC1)C2. The van der Waals surface area contributed by atoms with Crippen LogP contribution >= 0.6 is 0 Å².